The van der Waals surface area contributed by atoms with Gasteiger partial charge >= 0.3 is 0 Å². The normalized spacial score (nSPS) is 11.9. The molecule has 0 aromatic heterocycles. The van der Waals surface area contributed by atoms with Crippen molar-refractivity contribution in [3.63, 3.8) is 0 Å². The summed E-state index contributed by atoms with van der Waals surface area (Å²) in [5.41, 5.74) is 11.5. The van der Waals surface area contributed by atoms with E-state index in [9.17, 15) is 9.59 Å². The van der Waals surface area contributed by atoms with Crippen LogP contribution in [0.1, 0.15) is 34.6 Å². The van der Waals surface area contributed by atoms with Crippen LogP contribution in [-0.2, 0) is 4.74 Å². The van der Waals surface area contributed by atoms with E-state index < -0.39 is 11.8 Å². The molecule has 6 nitrogen and oxygen atoms in total. The molecule has 19 heavy (non-hydrogen) atoms. The molecule has 0 saturated carbocycles. The molecule has 104 valence electrons. The molecule has 1 aromatic rings. The Hall–Kier alpha value is -2.08. The van der Waals surface area contributed by atoms with Crippen LogP contribution in [0.5, 0.6) is 0 Å². The van der Waals surface area contributed by atoms with Gasteiger partial charge in [0.1, 0.15) is 0 Å². The Kier molecular flexibility index (Phi) is 5.32. The first-order chi connectivity index (χ1) is 8.93. The second-order valence-electron chi connectivity index (χ2n) is 4.23. The van der Waals surface area contributed by atoms with Gasteiger partial charge < -0.3 is 21.5 Å². The number of nitrogens with two attached hydrogens (primary N) is 2. The maximum atomic E-state index is 11.2. The van der Waals surface area contributed by atoms with Gasteiger partial charge in [0.25, 0.3) is 0 Å². The summed E-state index contributed by atoms with van der Waals surface area (Å²) in [6.45, 7) is 4.98. The number of hydrogen-bond donors (Lipinski definition) is 3. The number of nitrogens with one attached hydrogen (secondary N) is 1. The first kappa shape index (κ1) is 15.0. The number of ether oxygens (including phenoxy) is 1. The largest absolute Gasteiger partial charge is 0.380 e. The van der Waals surface area contributed by atoms with Gasteiger partial charge in [-0.3, -0.25) is 9.59 Å². The minimum absolute atomic E-state index is 0.0313. The molecule has 0 bridgehead atoms. The molecule has 6 heteroatoms. The molecule has 0 aliphatic carbocycles. The molecule has 1 unspecified atom stereocenters. The van der Waals surface area contributed by atoms with E-state index in [0.29, 0.717) is 18.9 Å². The first-order valence-corrected chi connectivity index (χ1v) is 6.03. The van der Waals surface area contributed by atoms with Crippen LogP contribution in [0.15, 0.2) is 18.2 Å². The predicted molar refractivity (Wildman–Crippen MR) is 73.1 cm³/mol. The Labute approximate surface area is 112 Å². The molecule has 0 heterocycles. The van der Waals surface area contributed by atoms with Gasteiger partial charge in [0.2, 0.25) is 11.8 Å². The van der Waals surface area contributed by atoms with Crippen molar-refractivity contribution in [1.82, 2.24) is 0 Å². The van der Waals surface area contributed by atoms with Crippen LogP contribution in [-0.4, -0.2) is 31.1 Å². The molecule has 0 saturated heterocycles. The summed E-state index contributed by atoms with van der Waals surface area (Å²) in [5.74, 6) is -1.22. The fourth-order valence-corrected chi connectivity index (χ4v) is 1.62. The third-order valence-electron chi connectivity index (χ3n) is 2.49. The van der Waals surface area contributed by atoms with Gasteiger partial charge in [-0.15, -0.1) is 0 Å². The molecule has 0 aliphatic heterocycles. The number of rotatable bonds is 7. The number of hydrogen-bond acceptors (Lipinski definition) is 4. The zero-order valence-corrected chi connectivity index (χ0v) is 11.1. The minimum Gasteiger partial charge on any atom is -0.380 e. The van der Waals surface area contributed by atoms with Crippen molar-refractivity contribution >= 4 is 17.5 Å². The quantitative estimate of drug-likeness (QED) is 0.675. The Morgan fingerprint density at radius 2 is 1.74 bits per heavy atom. The standard InChI is InChI=1S/C13H19N3O3/c1-3-19-7-8(2)16-11-5-9(12(14)17)4-10(6-11)13(15)18/h4-6,8,16H,3,7H2,1-2H3,(H2,14,17)(H2,15,18). The Morgan fingerprint density at radius 1 is 1.21 bits per heavy atom. The highest BCUT2D eigenvalue weighted by atomic mass is 16.5. The average Bonchev–Trinajstić information content (AvgIpc) is 2.35. The maximum Gasteiger partial charge on any atom is 0.248 e. The lowest BCUT2D eigenvalue weighted by atomic mass is 10.1. The van der Waals surface area contributed by atoms with Crippen LogP contribution < -0.4 is 16.8 Å². The molecular weight excluding hydrogens is 246 g/mol. The van der Waals surface area contributed by atoms with Crippen LogP contribution >= 0.6 is 0 Å². The second kappa shape index (κ2) is 6.75. The first-order valence-electron chi connectivity index (χ1n) is 6.03. The zero-order chi connectivity index (χ0) is 14.4. The average molecular weight is 265 g/mol. The highest BCUT2D eigenvalue weighted by Crippen LogP contribution is 2.16. The van der Waals surface area contributed by atoms with Crippen LogP contribution in [0.25, 0.3) is 0 Å². The molecule has 0 fully saturated rings. The van der Waals surface area contributed by atoms with E-state index in [0.717, 1.165) is 0 Å². The lowest BCUT2D eigenvalue weighted by Crippen LogP contribution is -2.23. The van der Waals surface area contributed by atoms with Gasteiger partial charge in [0, 0.05) is 29.5 Å². The third-order valence-corrected chi connectivity index (χ3v) is 2.49. The van der Waals surface area contributed by atoms with Gasteiger partial charge in [-0.05, 0) is 32.0 Å². The number of carbonyl (C=O) groups excluding carboxylic acids is 2. The predicted octanol–water partition coefficient (Wildman–Crippen LogP) is 0.721. The van der Waals surface area contributed by atoms with Crippen molar-refractivity contribution in [2.45, 2.75) is 19.9 Å². The number of anilines is 1. The van der Waals surface area contributed by atoms with Crippen LogP contribution in [0.3, 0.4) is 0 Å². The van der Waals surface area contributed by atoms with E-state index >= 15 is 0 Å². The summed E-state index contributed by atoms with van der Waals surface area (Å²) in [4.78, 5) is 22.4. The fourth-order valence-electron chi connectivity index (χ4n) is 1.62. The second-order valence-corrected chi connectivity index (χ2v) is 4.23. The Morgan fingerprint density at radius 3 is 2.16 bits per heavy atom. The molecule has 1 aromatic carbocycles. The highest BCUT2D eigenvalue weighted by Gasteiger charge is 2.10. The molecule has 5 N–H and O–H groups in total. The molecule has 0 aliphatic rings. The van der Waals surface area contributed by atoms with Crippen LogP contribution in [0, 0.1) is 0 Å². The highest BCUT2D eigenvalue weighted by molar-refractivity contribution is 5.99. The minimum atomic E-state index is -0.608. The number of carbonyl (C=O) groups is 2. The van der Waals surface area contributed by atoms with Crippen molar-refractivity contribution in [1.29, 1.82) is 0 Å². The van der Waals surface area contributed by atoms with Crippen molar-refractivity contribution in [2.75, 3.05) is 18.5 Å². The summed E-state index contributed by atoms with van der Waals surface area (Å²) in [6.07, 6.45) is 0. The summed E-state index contributed by atoms with van der Waals surface area (Å²) in [7, 11) is 0. The Bertz CT molecular complexity index is 442. The SMILES string of the molecule is CCOCC(C)Nc1cc(C(N)=O)cc(C(N)=O)c1. The van der Waals surface area contributed by atoms with E-state index in [1.807, 2.05) is 13.8 Å². The summed E-state index contributed by atoms with van der Waals surface area (Å²) in [5, 5.41) is 3.13. The molecule has 1 atom stereocenters. The molecular formula is C13H19N3O3. The van der Waals surface area contributed by atoms with Gasteiger partial charge in [-0.1, -0.05) is 0 Å². The number of primary amides is 2. The molecule has 2 amide bonds. The van der Waals surface area contributed by atoms with Crippen LogP contribution in [0.4, 0.5) is 5.69 Å². The van der Waals surface area contributed by atoms with E-state index in [-0.39, 0.29) is 17.2 Å². The molecule has 0 radical (unpaired) electrons. The van der Waals surface area contributed by atoms with Crippen molar-refractivity contribution in [3.05, 3.63) is 29.3 Å². The summed E-state index contributed by atoms with van der Waals surface area (Å²) in [6, 6.07) is 4.57. The molecule has 0 spiro atoms. The van der Waals surface area contributed by atoms with Crippen molar-refractivity contribution in [3.8, 4) is 0 Å². The smallest absolute Gasteiger partial charge is 0.248 e. The fraction of sp³-hybridized carbons (Fsp3) is 0.385. The zero-order valence-electron chi connectivity index (χ0n) is 11.1. The van der Waals surface area contributed by atoms with E-state index in [1.165, 1.54) is 6.07 Å². The van der Waals surface area contributed by atoms with Crippen molar-refractivity contribution in [2.24, 2.45) is 11.5 Å². The van der Waals surface area contributed by atoms with Gasteiger partial charge in [0.15, 0.2) is 0 Å². The molecule has 1 rings (SSSR count). The monoisotopic (exact) mass is 265 g/mol. The van der Waals surface area contributed by atoms with E-state index in [4.69, 9.17) is 16.2 Å². The third kappa shape index (κ3) is 4.59. The maximum absolute atomic E-state index is 11.2. The number of amides is 2. The van der Waals surface area contributed by atoms with E-state index in [2.05, 4.69) is 5.32 Å². The van der Waals surface area contributed by atoms with Gasteiger partial charge in [-0.25, -0.2) is 0 Å². The van der Waals surface area contributed by atoms with Crippen LogP contribution in [0.2, 0.25) is 0 Å². The number of benzene rings is 1. The topological polar surface area (TPSA) is 107 Å². The Balaban J connectivity index is 2.93. The van der Waals surface area contributed by atoms with Gasteiger partial charge in [0.05, 0.1) is 6.61 Å². The summed E-state index contributed by atoms with van der Waals surface area (Å²) < 4.78 is 5.28. The lowest BCUT2D eigenvalue weighted by Gasteiger charge is -2.16. The van der Waals surface area contributed by atoms with E-state index in [1.54, 1.807) is 12.1 Å². The lowest BCUT2D eigenvalue weighted by molar-refractivity contribution is 0.0999. The summed E-state index contributed by atoms with van der Waals surface area (Å²) >= 11 is 0. The van der Waals surface area contributed by atoms with Gasteiger partial charge in [-0.2, -0.15) is 0 Å². The van der Waals surface area contributed by atoms with Crippen molar-refractivity contribution < 1.29 is 14.3 Å².